The number of phenolic OH excluding ortho intramolecular Hbond substituents is 1. The molecule has 0 saturated carbocycles. The number of anilines is 1. The molecular formula is C15H14ClN3O2. The SMILES string of the molecule is O=C(CNc1ccccc1Cl)NN=Cc1ccccc1O. The number of aromatic hydroxyl groups is 1. The van der Waals surface area contributed by atoms with E-state index in [1.165, 1.54) is 6.21 Å². The number of amides is 1. The van der Waals surface area contributed by atoms with Crippen LogP contribution in [0.1, 0.15) is 5.56 Å². The van der Waals surface area contributed by atoms with Crippen LogP contribution >= 0.6 is 11.6 Å². The molecule has 0 radical (unpaired) electrons. The average Bonchev–Trinajstić information content (AvgIpc) is 2.48. The summed E-state index contributed by atoms with van der Waals surface area (Å²) in [6, 6.07) is 13.8. The Bertz CT molecular complexity index is 659. The monoisotopic (exact) mass is 303 g/mol. The molecule has 5 nitrogen and oxygen atoms in total. The van der Waals surface area contributed by atoms with Crippen molar-refractivity contribution < 1.29 is 9.90 Å². The number of nitrogens with zero attached hydrogens (tertiary/aromatic N) is 1. The molecule has 0 aliphatic rings. The second kappa shape index (κ2) is 7.31. The van der Waals surface area contributed by atoms with E-state index in [-0.39, 0.29) is 18.2 Å². The van der Waals surface area contributed by atoms with E-state index in [1.54, 1.807) is 36.4 Å². The van der Waals surface area contributed by atoms with E-state index in [2.05, 4.69) is 15.8 Å². The van der Waals surface area contributed by atoms with Crippen LogP contribution in [0.2, 0.25) is 5.02 Å². The molecule has 2 aromatic rings. The van der Waals surface area contributed by atoms with Crippen LogP contribution in [0.5, 0.6) is 5.75 Å². The summed E-state index contributed by atoms with van der Waals surface area (Å²) in [5, 5.41) is 16.8. The van der Waals surface area contributed by atoms with Crippen molar-refractivity contribution in [3.8, 4) is 5.75 Å². The number of benzene rings is 2. The Labute approximate surface area is 127 Å². The number of rotatable bonds is 5. The van der Waals surface area contributed by atoms with E-state index in [4.69, 9.17) is 11.6 Å². The summed E-state index contributed by atoms with van der Waals surface area (Å²) in [6.45, 7) is 0.0435. The lowest BCUT2D eigenvalue weighted by Gasteiger charge is -2.06. The number of halogens is 1. The van der Waals surface area contributed by atoms with Gasteiger partial charge in [0.2, 0.25) is 0 Å². The predicted molar refractivity (Wildman–Crippen MR) is 83.8 cm³/mol. The molecule has 3 N–H and O–H groups in total. The largest absolute Gasteiger partial charge is 0.507 e. The maximum atomic E-state index is 11.6. The van der Waals surface area contributed by atoms with E-state index in [1.807, 2.05) is 12.1 Å². The highest BCUT2D eigenvalue weighted by molar-refractivity contribution is 6.33. The Balaban J connectivity index is 1.83. The molecule has 108 valence electrons. The topological polar surface area (TPSA) is 73.7 Å². The second-order valence-electron chi connectivity index (χ2n) is 4.19. The van der Waals surface area contributed by atoms with Crippen molar-refractivity contribution in [2.75, 3.05) is 11.9 Å². The molecule has 0 aliphatic heterocycles. The van der Waals surface area contributed by atoms with Gasteiger partial charge in [-0.15, -0.1) is 0 Å². The summed E-state index contributed by atoms with van der Waals surface area (Å²) in [4.78, 5) is 11.6. The van der Waals surface area contributed by atoms with Gasteiger partial charge in [0, 0.05) is 5.56 Å². The van der Waals surface area contributed by atoms with Crippen LogP contribution in [0.25, 0.3) is 0 Å². The van der Waals surface area contributed by atoms with Crippen molar-refractivity contribution in [1.82, 2.24) is 5.43 Å². The third-order valence-corrected chi connectivity index (χ3v) is 2.97. The Morgan fingerprint density at radius 3 is 2.67 bits per heavy atom. The first-order valence-corrected chi connectivity index (χ1v) is 6.63. The van der Waals surface area contributed by atoms with E-state index in [0.717, 1.165) is 0 Å². The molecular weight excluding hydrogens is 290 g/mol. The molecule has 0 spiro atoms. The molecule has 21 heavy (non-hydrogen) atoms. The molecule has 0 unspecified atom stereocenters. The quantitative estimate of drug-likeness (QED) is 0.587. The maximum absolute atomic E-state index is 11.6. The fraction of sp³-hybridized carbons (Fsp3) is 0.0667. The van der Waals surface area contributed by atoms with E-state index >= 15 is 0 Å². The summed E-state index contributed by atoms with van der Waals surface area (Å²) in [7, 11) is 0. The van der Waals surface area contributed by atoms with Gasteiger partial charge < -0.3 is 10.4 Å². The van der Waals surface area contributed by atoms with Crippen molar-refractivity contribution in [2.45, 2.75) is 0 Å². The van der Waals surface area contributed by atoms with Gasteiger partial charge in [0.15, 0.2) is 0 Å². The molecule has 0 saturated heterocycles. The lowest BCUT2D eigenvalue weighted by molar-refractivity contribution is -0.119. The van der Waals surface area contributed by atoms with Gasteiger partial charge in [-0.3, -0.25) is 4.79 Å². The maximum Gasteiger partial charge on any atom is 0.259 e. The van der Waals surface area contributed by atoms with Crippen LogP contribution < -0.4 is 10.7 Å². The molecule has 0 aliphatic carbocycles. The summed E-state index contributed by atoms with van der Waals surface area (Å²) in [5.74, 6) is -0.216. The highest BCUT2D eigenvalue weighted by Gasteiger charge is 2.02. The van der Waals surface area contributed by atoms with Gasteiger partial charge in [0.1, 0.15) is 5.75 Å². The number of hydrogen-bond acceptors (Lipinski definition) is 4. The number of phenols is 1. The van der Waals surface area contributed by atoms with Gasteiger partial charge in [-0.25, -0.2) is 5.43 Å². The minimum absolute atomic E-state index is 0.0435. The zero-order chi connectivity index (χ0) is 15.1. The van der Waals surface area contributed by atoms with Gasteiger partial charge in [-0.05, 0) is 24.3 Å². The number of hydrogen-bond donors (Lipinski definition) is 3. The van der Waals surface area contributed by atoms with E-state index < -0.39 is 0 Å². The molecule has 0 fully saturated rings. The van der Waals surface area contributed by atoms with Gasteiger partial charge in [-0.2, -0.15) is 5.10 Å². The van der Waals surface area contributed by atoms with Gasteiger partial charge in [-0.1, -0.05) is 35.9 Å². The van der Waals surface area contributed by atoms with Crippen LogP contribution in [0.3, 0.4) is 0 Å². The first kappa shape index (κ1) is 14.9. The first-order chi connectivity index (χ1) is 10.2. The van der Waals surface area contributed by atoms with Crippen molar-refractivity contribution in [2.24, 2.45) is 5.10 Å². The molecule has 2 rings (SSSR count). The lowest BCUT2D eigenvalue weighted by Crippen LogP contribution is -2.25. The second-order valence-corrected chi connectivity index (χ2v) is 4.59. The molecule has 0 heterocycles. The van der Waals surface area contributed by atoms with Crippen molar-refractivity contribution in [1.29, 1.82) is 0 Å². The number of para-hydroxylation sites is 2. The van der Waals surface area contributed by atoms with Gasteiger partial charge in [0.25, 0.3) is 5.91 Å². The normalized spacial score (nSPS) is 10.5. The first-order valence-electron chi connectivity index (χ1n) is 6.25. The highest BCUT2D eigenvalue weighted by atomic mass is 35.5. The standard InChI is InChI=1S/C15H14ClN3O2/c16-12-6-2-3-7-13(12)17-10-15(21)19-18-9-11-5-1-4-8-14(11)20/h1-9,17,20H,10H2,(H,19,21). The molecule has 1 amide bonds. The van der Waals surface area contributed by atoms with Crippen molar-refractivity contribution >= 4 is 29.4 Å². The Morgan fingerprint density at radius 2 is 1.90 bits per heavy atom. The van der Waals surface area contributed by atoms with Crippen LogP contribution in [0.15, 0.2) is 53.6 Å². The predicted octanol–water partition coefficient (Wildman–Crippen LogP) is 2.61. The molecule has 0 bridgehead atoms. The summed E-state index contributed by atoms with van der Waals surface area (Å²) >= 11 is 5.96. The van der Waals surface area contributed by atoms with Crippen LogP contribution in [0.4, 0.5) is 5.69 Å². The number of hydrazone groups is 1. The summed E-state index contributed by atoms with van der Waals surface area (Å²) in [6.07, 6.45) is 1.38. The molecule has 0 aromatic heterocycles. The molecule has 2 aromatic carbocycles. The summed E-state index contributed by atoms with van der Waals surface area (Å²) < 4.78 is 0. The number of carbonyl (C=O) groups excluding carboxylic acids is 1. The molecule has 6 heteroatoms. The molecule has 0 atom stereocenters. The Hall–Kier alpha value is -2.53. The lowest BCUT2D eigenvalue weighted by atomic mass is 10.2. The zero-order valence-corrected chi connectivity index (χ0v) is 11.8. The van der Waals surface area contributed by atoms with Crippen LogP contribution in [0, 0.1) is 0 Å². The van der Waals surface area contributed by atoms with Crippen LogP contribution in [-0.2, 0) is 4.79 Å². The highest BCUT2D eigenvalue weighted by Crippen LogP contribution is 2.19. The fourth-order valence-corrected chi connectivity index (χ4v) is 1.79. The average molecular weight is 304 g/mol. The van der Waals surface area contributed by atoms with Crippen molar-refractivity contribution in [3.05, 3.63) is 59.1 Å². The third-order valence-electron chi connectivity index (χ3n) is 2.64. The van der Waals surface area contributed by atoms with Gasteiger partial charge >= 0.3 is 0 Å². The third kappa shape index (κ3) is 4.50. The number of nitrogens with one attached hydrogen (secondary N) is 2. The van der Waals surface area contributed by atoms with Crippen molar-refractivity contribution in [3.63, 3.8) is 0 Å². The smallest absolute Gasteiger partial charge is 0.259 e. The Morgan fingerprint density at radius 1 is 1.19 bits per heavy atom. The van der Waals surface area contributed by atoms with Crippen LogP contribution in [-0.4, -0.2) is 23.8 Å². The minimum Gasteiger partial charge on any atom is -0.507 e. The Kier molecular flexibility index (Phi) is 5.17. The van der Waals surface area contributed by atoms with Gasteiger partial charge in [0.05, 0.1) is 23.5 Å². The summed E-state index contributed by atoms with van der Waals surface area (Å²) in [5.41, 5.74) is 3.57. The minimum atomic E-state index is -0.318. The number of carbonyl (C=O) groups is 1. The van der Waals surface area contributed by atoms with E-state index in [0.29, 0.717) is 16.3 Å². The zero-order valence-electron chi connectivity index (χ0n) is 11.1. The van der Waals surface area contributed by atoms with E-state index in [9.17, 15) is 9.90 Å². The fourth-order valence-electron chi connectivity index (χ4n) is 1.59.